The Kier molecular flexibility index (Phi) is 4.67. The van der Waals surface area contributed by atoms with Crippen molar-refractivity contribution in [2.24, 2.45) is 0 Å². The molecule has 0 radical (unpaired) electrons. The molecule has 0 aliphatic heterocycles. The van der Waals surface area contributed by atoms with Gasteiger partial charge in [0.2, 0.25) is 0 Å². The van der Waals surface area contributed by atoms with Crippen LogP contribution in [0.15, 0.2) is 60.7 Å². The standard InChI is InChI=1S/C18H17NO2/c1-14(20)16-10-6-7-11-17(16)19(2)18(21)13-12-15-8-4-3-5-9-15/h3-13H,1-2H3/b13-12+. The Hall–Kier alpha value is -2.68. The summed E-state index contributed by atoms with van der Waals surface area (Å²) in [7, 11) is 1.67. The lowest BCUT2D eigenvalue weighted by Gasteiger charge is -2.18. The molecule has 21 heavy (non-hydrogen) atoms. The van der Waals surface area contributed by atoms with Crippen molar-refractivity contribution in [2.45, 2.75) is 6.92 Å². The molecule has 0 spiro atoms. The highest BCUT2D eigenvalue weighted by atomic mass is 16.2. The van der Waals surface area contributed by atoms with Crippen molar-refractivity contribution >= 4 is 23.5 Å². The minimum absolute atomic E-state index is 0.0581. The van der Waals surface area contributed by atoms with Gasteiger partial charge in [0.05, 0.1) is 5.69 Å². The van der Waals surface area contributed by atoms with Crippen molar-refractivity contribution in [2.75, 3.05) is 11.9 Å². The monoisotopic (exact) mass is 279 g/mol. The first-order valence-electron chi connectivity index (χ1n) is 6.70. The van der Waals surface area contributed by atoms with Crippen LogP contribution in [0.4, 0.5) is 5.69 Å². The number of ketones is 1. The van der Waals surface area contributed by atoms with E-state index in [0.29, 0.717) is 11.3 Å². The number of hydrogen-bond acceptors (Lipinski definition) is 2. The highest BCUT2D eigenvalue weighted by Gasteiger charge is 2.14. The summed E-state index contributed by atoms with van der Waals surface area (Å²) in [6, 6.07) is 16.7. The third-order valence-electron chi connectivity index (χ3n) is 3.19. The Labute approximate surface area is 124 Å². The van der Waals surface area contributed by atoms with Crippen LogP contribution in [0.3, 0.4) is 0 Å². The number of carbonyl (C=O) groups excluding carboxylic acids is 2. The summed E-state index contributed by atoms with van der Waals surface area (Å²) in [6.07, 6.45) is 3.27. The van der Waals surface area contributed by atoms with Gasteiger partial charge in [0, 0.05) is 18.7 Å². The molecule has 106 valence electrons. The number of rotatable bonds is 4. The van der Waals surface area contributed by atoms with Gasteiger partial charge in [0.1, 0.15) is 0 Å². The minimum atomic E-state index is -0.174. The summed E-state index contributed by atoms with van der Waals surface area (Å²) in [5.41, 5.74) is 2.12. The normalized spacial score (nSPS) is 10.6. The zero-order valence-electron chi connectivity index (χ0n) is 12.1. The fourth-order valence-corrected chi connectivity index (χ4v) is 2.03. The molecule has 0 atom stereocenters. The number of hydrogen-bond donors (Lipinski definition) is 0. The van der Waals surface area contributed by atoms with Crippen LogP contribution in [-0.2, 0) is 4.79 Å². The topological polar surface area (TPSA) is 37.4 Å². The second-order valence-corrected chi connectivity index (χ2v) is 4.71. The van der Waals surface area contributed by atoms with Crippen LogP contribution in [0.5, 0.6) is 0 Å². The Morgan fingerprint density at radius 3 is 2.24 bits per heavy atom. The molecule has 0 heterocycles. The Balaban J connectivity index is 2.20. The largest absolute Gasteiger partial charge is 0.311 e. The molecule has 0 aliphatic rings. The van der Waals surface area contributed by atoms with Crippen molar-refractivity contribution in [1.29, 1.82) is 0 Å². The maximum absolute atomic E-state index is 12.2. The summed E-state index contributed by atoms with van der Waals surface area (Å²) in [4.78, 5) is 25.3. The molecule has 0 fully saturated rings. The molecule has 2 rings (SSSR count). The molecule has 3 heteroatoms. The molecule has 0 saturated heterocycles. The van der Waals surface area contributed by atoms with E-state index in [1.54, 1.807) is 31.3 Å². The third-order valence-corrected chi connectivity index (χ3v) is 3.19. The average molecular weight is 279 g/mol. The lowest BCUT2D eigenvalue weighted by Crippen LogP contribution is -2.25. The lowest BCUT2D eigenvalue weighted by atomic mass is 10.1. The summed E-state index contributed by atoms with van der Waals surface area (Å²) in [5.74, 6) is -0.232. The van der Waals surface area contributed by atoms with Gasteiger partial charge in [-0.05, 0) is 30.7 Å². The number of nitrogens with zero attached hydrogens (tertiary/aromatic N) is 1. The maximum atomic E-state index is 12.2. The van der Waals surface area contributed by atoms with Gasteiger partial charge < -0.3 is 4.90 Å². The van der Waals surface area contributed by atoms with Crippen LogP contribution in [0.25, 0.3) is 6.08 Å². The second kappa shape index (κ2) is 6.66. The van der Waals surface area contributed by atoms with Gasteiger partial charge in [0.25, 0.3) is 5.91 Å². The van der Waals surface area contributed by atoms with E-state index in [-0.39, 0.29) is 11.7 Å². The molecular weight excluding hydrogens is 262 g/mol. The second-order valence-electron chi connectivity index (χ2n) is 4.71. The summed E-state index contributed by atoms with van der Waals surface area (Å²) < 4.78 is 0. The van der Waals surface area contributed by atoms with Crippen LogP contribution in [0.1, 0.15) is 22.8 Å². The van der Waals surface area contributed by atoms with Gasteiger partial charge >= 0.3 is 0 Å². The van der Waals surface area contributed by atoms with Crippen LogP contribution >= 0.6 is 0 Å². The van der Waals surface area contributed by atoms with Gasteiger partial charge in [-0.15, -0.1) is 0 Å². The van der Waals surface area contributed by atoms with E-state index in [1.807, 2.05) is 36.4 Å². The number of Topliss-reactive ketones (excluding diaryl/α,β-unsaturated/α-hetero) is 1. The molecule has 2 aromatic carbocycles. The number of para-hydroxylation sites is 1. The van der Waals surface area contributed by atoms with Gasteiger partial charge in [-0.2, -0.15) is 0 Å². The predicted molar refractivity (Wildman–Crippen MR) is 85.3 cm³/mol. The molecule has 0 unspecified atom stereocenters. The zero-order valence-corrected chi connectivity index (χ0v) is 12.1. The number of benzene rings is 2. The lowest BCUT2D eigenvalue weighted by molar-refractivity contribution is -0.113. The van der Waals surface area contributed by atoms with E-state index in [0.717, 1.165) is 5.56 Å². The molecule has 1 amide bonds. The third kappa shape index (κ3) is 3.66. The highest BCUT2D eigenvalue weighted by molar-refractivity contribution is 6.08. The minimum Gasteiger partial charge on any atom is -0.311 e. The number of carbonyl (C=O) groups is 2. The fourth-order valence-electron chi connectivity index (χ4n) is 2.03. The van der Waals surface area contributed by atoms with Crippen LogP contribution in [-0.4, -0.2) is 18.7 Å². The Bertz CT molecular complexity index is 675. The number of amides is 1. The fraction of sp³-hybridized carbons (Fsp3) is 0.111. The Morgan fingerprint density at radius 1 is 0.952 bits per heavy atom. The predicted octanol–water partition coefficient (Wildman–Crippen LogP) is 3.57. The molecule has 0 saturated carbocycles. The van der Waals surface area contributed by atoms with Gasteiger partial charge in [0.15, 0.2) is 5.78 Å². The molecule has 0 aliphatic carbocycles. The summed E-state index contributed by atoms with van der Waals surface area (Å²) >= 11 is 0. The molecule has 2 aromatic rings. The molecular formula is C18H17NO2. The van der Waals surface area contributed by atoms with E-state index in [4.69, 9.17) is 0 Å². The Morgan fingerprint density at radius 2 is 1.57 bits per heavy atom. The van der Waals surface area contributed by atoms with Crippen LogP contribution < -0.4 is 4.90 Å². The molecule has 0 bridgehead atoms. The maximum Gasteiger partial charge on any atom is 0.250 e. The summed E-state index contributed by atoms with van der Waals surface area (Å²) in [6.45, 7) is 1.50. The van der Waals surface area contributed by atoms with Crippen LogP contribution in [0, 0.1) is 0 Å². The number of anilines is 1. The van der Waals surface area contributed by atoms with E-state index in [1.165, 1.54) is 17.9 Å². The first-order valence-corrected chi connectivity index (χ1v) is 6.70. The van der Waals surface area contributed by atoms with Gasteiger partial charge in [-0.25, -0.2) is 0 Å². The van der Waals surface area contributed by atoms with Crippen molar-refractivity contribution in [3.8, 4) is 0 Å². The van der Waals surface area contributed by atoms with Crippen molar-refractivity contribution < 1.29 is 9.59 Å². The van der Waals surface area contributed by atoms with E-state index in [2.05, 4.69) is 0 Å². The quantitative estimate of drug-likeness (QED) is 0.634. The first-order chi connectivity index (χ1) is 10.1. The van der Waals surface area contributed by atoms with E-state index >= 15 is 0 Å². The highest BCUT2D eigenvalue weighted by Crippen LogP contribution is 2.20. The summed E-state index contributed by atoms with van der Waals surface area (Å²) in [5, 5.41) is 0. The van der Waals surface area contributed by atoms with E-state index in [9.17, 15) is 9.59 Å². The molecule has 0 N–H and O–H groups in total. The average Bonchev–Trinajstić information content (AvgIpc) is 2.52. The molecule has 3 nitrogen and oxygen atoms in total. The van der Waals surface area contributed by atoms with Crippen LogP contribution in [0.2, 0.25) is 0 Å². The SMILES string of the molecule is CC(=O)c1ccccc1N(C)C(=O)/C=C/c1ccccc1. The first kappa shape index (κ1) is 14.7. The van der Waals surface area contributed by atoms with Crippen molar-refractivity contribution in [3.05, 3.63) is 71.8 Å². The van der Waals surface area contributed by atoms with E-state index < -0.39 is 0 Å². The smallest absolute Gasteiger partial charge is 0.250 e. The van der Waals surface area contributed by atoms with Gasteiger partial charge in [-0.1, -0.05) is 42.5 Å². The molecule has 0 aromatic heterocycles. The zero-order chi connectivity index (χ0) is 15.2. The van der Waals surface area contributed by atoms with Gasteiger partial charge in [-0.3, -0.25) is 9.59 Å². The van der Waals surface area contributed by atoms with Crippen molar-refractivity contribution in [3.63, 3.8) is 0 Å². The van der Waals surface area contributed by atoms with Crippen molar-refractivity contribution in [1.82, 2.24) is 0 Å². The number of likely N-dealkylation sites (N-methyl/N-ethyl adjacent to an activating group) is 1.